The van der Waals surface area contributed by atoms with Crippen molar-refractivity contribution in [2.45, 2.75) is 83.0 Å². The van der Waals surface area contributed by atoms with Gasteiger partial charge in [0, 0.05) is 12.5 Å². The predicted octanol–water partition coefficient (Wildman–Crippen LogP) is 2.44. The molecule has 37 heavy (non-hydrogen) atoms. The summed E-state index contributed by atoms with van der Waals surface area (Å²) in [6, 6.07) is 7.64. The van der Waals surface area contributed by atoms with Gasteiger partial charge in [-0.05, 0) is 57.4 Å². The lowest BCUT2D eigenvalue weighted by Crippen LogP contribution is -2.55. The minimum Gasteiger partial charge on any atom is -0.465 e. The molecule has 1 aromatic rings. The Morgan fingerprint density at radius 2 is 1.92 bits per heavy atom. The molecule has 5 atom stereocenters. The molecule has 1 aliphatic carbocycles. The summed E-state index contributed by atoms with van der Waals surface area (Å²) in [7, 11) is 0. The third-order valence-corrected chi connectivity index (χ3v) is 7.05. The molecule has 0 radical (unpaired) electrons. The molecule has 0 spiro atoms. The zero-order valence-corrected chi connectivity index (χ0v) is 21.5. The van der Waals surface area contributed by atoms with Gasteiger partial charge < -0.3 is 19.2 Å². The van der Waals surface area contributed by atoms with Crippen molar-refractivity contribution in [2.75, 3.05) is 19.8 Å². The van der Waals surface area contributed by atoms with E-state index in [0.717, 1.165) is 24.8 Å². The summed E-state index contributed by atoms with van der Waals surface area (Å²) in [4.78, 5) is 55.4. The summed E-state index contributed by atoms with van der Waals surface area (Å²) in [6.07, 6.45) is 4.57. The average molecular weight is 520 g/mol. The van der Waals surface area contributed by atoms with E-state index in [0.29, 0.717) is 19.3 Å². The third kappa shape index (κ3) is 7.88. The van der Waals surface area contributed by atoms with Crippen LogP contribution < -0.4 is 5.32 Å². The number of aryl methyl sites for hydroxylation is 1. The average Bonchev–Trinajstić information content (AvgIpc) is 3.48. The molecule has 204 valence electrons. The van der Waals surface area contributed by atoms with Crippen LogP contribution in [0, 0.1) is 16.0 Å². The number of carbonyl (C=O) groups is 3. The number of amides is 1. The van der Waals surface area contributed by atoms with Crippen LogP contribution in [0.25, 0.3) is 0 Å². The van der Waals surface area contributed by atoms with Crippen molar-refractivity contribution in [3.8, 4) is 0 Å². The highest BCUT2D eigenvalue weighted by atomic mass is 16.9. The number of esters is 2. The number of hydrogen-bond acceptors (Lipinski definition) is 9. The molecule has 1 N–H and O–H groups in total. The van der Waals surface area contributed by atoms with Gasteiger partial charge in [-0.1, -0.05) is 36.8 Å². The molecular weight excluding hydrogens is 482 g/mol. The first kappa shape index (κ1) is 28.4. The molecule has 1 amide bonds. The summed E-state index contributed by atoms with van der Waals surface area (Å²) in [5, 5.41) is 12.5. The van der Waals surface area contributed by atoms with Gasteiger partial charge in [-0.3, -0.25) is 14.9 Å². The SMILES string of the molecule is CCOC(=O)C(CCc1ccccc1)NC(C)C(=O)N1C(C(=O)OCCCO[N+](=O)[O-])CC2CCCC21. The van der Waals surface area contributed by atoms with Crippen LogP contribution in [-0.2, 0) is 35.1 Å². The zero-order valence-electron chi connectivity index (χ0n) is 21.5. The van der Waals surface area contributed by atoms with Gasteiger partial charge in [0.25, 0.3) is 5.09 Å². The molecule has 11 heteroatoms. The maximum Gasteiger partial charge on any atom is 0.328 e. The van der Waals surface area contributed by atoms with Crippen molar-refractivity contribution < 1.29 is 33.8 Å². The quantitative estimate of drug-likeness (QED) is 0.170. The van der Waals surface area contributed by atoms with Gasteiger partial charge in [0.05, 0.1) is 25.9 Å². The third-order valence-electron chi connectivity index (χ3n) is 7.05. The van der Waals surface area contributed by atoms with Crippen molar-refractivity contribution in [3.63, 3.8) is 0 Å². The number of fused-ring (bicyclic) bond motifs is 1. The van der Waals surface area contributed by atoms with Gasteiger partial charge in [-0.2, -0.15) is 0 Å². The van der Waals surface area contributed by atoms with Crippen LogP contribution in [0.2, 0.25) is 0 Å². The number of hydrogen-bond donors (Lipinski definition) is 1. The van der Waals surface area contributed by atoms with E-state index < -0.39 is 35.2 Å². The van der Waals surface area contributed by atoms with Gasteiger partial charge >= 0.3 is 11.9 Å². The van der Waals surface area contributed by atoms with Crippen molar-refractivity contribution in [3.05, 3.63) is 46.0 Å². The minimum absolute atomic E-state index is 0.0290. The monoisotopic (exact) mass is 519 g/mol. The van der Waals surface area contributed by atoms with E-state index in [1.807, 2.05) is 30.3 Å². The minimum atomic E-state index is -0.891. The van der Waals surface area contributed by atoms with E-state index in [1.54, 1.807) is 18.7 Å². The lowest BCUT2D eigenvalue weighted by atomic mass is 10.0. The lowest BCUT2D eigenvalue weighted by molar-refractivity contribution is -0.757. The van der Waals surface area contributed by atoms with Crippen LogP contribution in [-0.4, -0.2) is 71.8 Å². The highest BCUT2D eigenvalue weighted by molar-refractivity contribution is 5.89. The van der Waals surface area contributed by atoms with Gasteiger partial charge in [-0.15, -0.1) is 10.1 Å². The van der Waals surface area contributed by atoms with Crippen LogP contribution in [0.5, 0.6) is 0 Å². The molecule has 0 aromatic heterocycles. The molecule has 1 heterocycles. The largest absolute Gasteiger partial charge is 0.465 e. The number of benzene rings is 1. The first-order valence-corrected chi connectivity index (χ1v) is 13.0. The second-order valence-corrected chi connectivity index (χ2v) is 9.55. The van der Waals surface area contributed by atoms with Crippen LogP contribution in [0.15, 0.2) is 30.3 Å². The Morgan fingerprint density at radius 3 is 2.62 bits per heavy atom. The van der Waals surface area contributed by atoms with Crippen molar-refractivity contribution in [2.24, 2.45) is 5.92 Å². The first-order chi connectivity index (χ1) is 17.8. The molecule has 2 aliphatic rings. The smallest absolute Gasteiger partial charge is 0.328 e. The van der Waals surface area contributed by atoms with Crippen molar-refractivity contribution in [1.82, 2.24) is 10.2 Å². The van der Waals surface area contributed by atoms with Gasteiger partial charge in [0.1, 0.15) is 12.1 Å². The fraction of sp³-hybridized carbons (Fsp3) is 0.654. The van der Waals surface area contributed by atoms with Gasteiger partial charge in [0.15, 0.2) is 0 Å². The summed E-state index contributed by atoms with van der Waals surface area (Å²) >= 11 is 0. The molecule has 11 nitrogen and oxygen atoms in total. The Morgan fingerprint density at radius 1 is 1.16 bits per heavy atom. The van der Waals surface area contributed by atoms with Gasteiger partial charge in [0.2, 0.25) is 5.91 Å². The number of nitrogens with zero attached hydrogens (tertiary/aromatic N) is 2. The Hall–Kier alpha value is -3.21. The molecule has 1 aromatic carbocycles. The standard InChI is InChI=1S/C26H37N3O8/c1-3-35-25(31)21(14-13-19-9-5-4-6-10-19)27-18(2)24(30)28-22-12-7-11-20(22)17-23(28)26(32)36-15-8-16-37-29(33)34/h4-6,9-10,18,20-23,27H,3,7-8,11-17H2,1-2H3. The highest BCUT2D eigenvalue weighted by Crippen LogP contribution is 2.42. The summed E-state index contributed by atoms with van der Waals surface area (Å²) in [5.41, 5.74) is 1.08. The normalized spacial score (nSPS) is 22.1. The number of ether oxygens (including phenoxy) is 2. The van der Waals surface area contributed by atoms with E-state index >= 15 is 0 Å². The molecule has 1 saturated carbocycles. The number of likely N-dealkylation sites (tertiary alicyclic amines) is 1. The van der Waals surface area contributed by atoms with E-state index in [9.17, 15) is 24.5 Å². The van der Waals surface area contributed by atoms with E-state index in [2.05, 4.69) is 10.2 Å². The Bertz CT molecular complexity index is 928. The molecule has 0 bridgehead atoms. The van der Waals surface area contributed by atoms with Crippen molar-refractivity contribution >= 4 is 17.8 Å². The second kappa shape index (κ2) is 13.9. The fourth-order valence-electron chi connectivity index (χ4n) is 5.35. The van der Waals surface area contributed by atoms with Gasteiger partial charge in [-0.25, -0.2) is 4.79 Å². The maximum atomic E-state index is 13.7. The summed E-state index contributed by atoms with van der Waals surface area (Å²) in [6.45, 7) is 3.49. The first-order valence-electron chi connectivity index (χ1n) is 13.0. The molecule has 5 unspecified atom stereocenters. The Labute approximate surface area is 216 Å². The van der Waals surface area contributed by atoms with Crippen molar-refractivity contribution in [1.29, 1.82) is 0 Å². The number of rotatable bonds is 14. The zero-order chi connectivity index (χ0) is 26.8. The topological polar surface area (TPSA) is 137 Å². The maximum absolute atomic E-state index is 13.7. The Balaban J connectivity index is 1.64. The fourth-order valence-corrected chi connectivity index (χ4v) is 5.35. The predicted molar refractivity (Wildman–Crippen MR) is 133 cm³/mol. The molecular formula is C26H37N3O8. The number of nitrogens with one attached hydrogen (secondary N) is 1. The van der Waals surface area contributed by atoms with Crippen LogP contribution in [0.4, 0.5) is 0 Å². The molecule has 1 aliphatic heterocycles. The van der Waals surface area contributed by atoms with E-state index in [4.69, 9.17) is 9.47 Å². The van der Waals surface area contributed by atoms with E-state index in [-0.39, 0.29) is 44.1 Å². The summed E-state index contributed by atoms with van der Waals surface area (Å²) < 4.78 is 10.6. The van der Waals surface area contributed by atoms with Crippen LogP contribution in [0.3, 0.4) is 0 Å². The lowest BCUT2D eigenvalue weighted by Gasteiger charge is -2.32. The number of carbonyl (C=O) groups excluding carboxylic acids is 3. The molecule has 1 saturated heterocycles. The Kier molecular flexibility index (Phi) is 10.7. The van der Waals surface area contributed by atoms with E-state index in [1.165, 1.54) is 0 Å². The molecule has 2 fully saturated rings. The molecule has 3 rings (SSSR count). The summed E-state index contributed by atoms with van der Waals surface area (Å²) in [5.74, 6) is -0.944. The van der Waals surface area contributed by atoms with Crippen LogP contribution >= 0.6 is 0 Å². The van der Waals surface area contributed by atoms with Crippen LogP contribution in [0.1, 0.15) is 57.9 Å². The second-order valence-electron chi connectivity index (χ2n) is 9.55. The highest BCUT2D eigenvalue weighted by Gasteiger charge is 2.50.